The summed E-state index contributed by atoms with van der Waals surface area (Å²) >= 11 is 0. The average Bonchev–Trinajstić information content (AvgIpc) is 2.50. The second-order valence-corrected chi connectivity index (χ2v) is 4.95. The third-order valence-corrected chi connectivity index (χ3v) is 3.28. The van der Waals surface area contributed by atoms with Crippen LogP contribution in [0.2, 0.25) is 0 Å². The molecule has 5 heteroatoms. The van der Waals surface area contributed by atoms with Gasteiger partial charge in [0.25, 0.3) is 0 Å². The zero-order valence-corrected chi connectivity index (χ0v) is 9.24. The Morgan fingerprint density at radius 2 is 1.67 bits per heavy atom. The van der Waals surface area contributed by atoms with Crippen molar-refractivity contribution in [3.05, 3.63) is 11.6 Å². The molecule has 0 aliphatic heterocycles. The first kappa shape index (κ1) is 12.6. The molecule has 2 rings (SSSR count). The molecule has 88 valence electrons. The van der Waals surface area contributed by atoms with Crippen LogP contribution in [0, 0.1) is 17.3 Å². The Hall–Kier alpha value is -0.475. The molecular weight excluding hydrogens is 207 g/mol. The highest BCUT2D eigenvalue weighted by molar-refractivity contribution is 6.50. The van der Waals surface area contributed by atoms with E-state index in [0.717, 1.165) is 11.8 Å². The van der Waals surface area contributed by atoms with Crippen LogP contribution < -0.4 is 0 Å². The minimum absolute atomic E-state index is 0.588. The first-order valence-corrected chi connectivity index (χ1v) is 5.22. The lowest BCUT2D eigenvalue weighted by molar-refractivity contribution is 0.368. The Kier molecular flexibility index (Phi) is 3.22. The lowest BCUT2D eigenvalue weighted by Crippen LogP contribution is -2.02. The van der Waals surface area contributed by atoms with Gasteiger partial charge in [0, 0.05) is 0 Å². The monoisotopic (exact) mass is 223 g/mol. The SMILES string of the molecule is CC1C=C2C(CC1)C2(C)C.F[B-](F)(F)F. The highest BCUT2D eigenvalue weighted by Crippen LogP contribution is 2.62. The third kappa shape index (κ3) is 3.54. The molecule has 2 aliphatic carbocycles. The fraction of sp³-hybridized carbons (Fsp3) is 0.800. The van der Waals surface area contributed by atoms with E-state index in [0.29, 0.717) is 5.41 Å². The molecule has 1 fully saturated rings. The minimum Gasteiger partial charge on any atom is -0.418 e. The molecule has 2 unspecified atom stereocenters. The molecule has 0 spiro atoms. The van der Waals surface area contributed by atoms with Gasteiger partial charge in [-0.2, -0.15) is 0 Å². The van der Waals surface area contributed by atoms with Crippen LogP contribution in [0.3, 0.4) is 0 Å². The van der Waals surface area contributed by atoms with Crippen molar-refractivity contribution in [1.82, 2.24) is 0 Å². The molecule has 1 saturated carbocycles. The van der Waals surface area contributed by atoms with Gasteiger partial charge in [0.1, 0.15) is 0 Å². The van der Waals surface area contributed by atoms with Gasteiger partial charge in [-0.05, 0) is 30.1 Å². The van der Waals surface area contributed by atoms with E-state index in [-0.39, 0.29) is 0 Å². The van der Waals surface area contributed by atoms with Crippen LogP contribution >= 0.6 is 0 Å². The Morgan fingerprint density at radius 3 is 2.00 bits per heavy atom. The van der Waals surface area contributed by atoms with Crippen molar-refractivity contribution in [2.24, 2.45) is 17.3 Å². The van der Waals surface area contributed by atoms with Crippen molar-refractivity contribution in [2.45, 2.75) is 33.6 Å². The fourth-order valence-corrected chi connectivity index (χ4v) is 2.34. The van der Waals surface area contributed by atoms with Gasteiger partial charge in [-0.15, -0.1) is 0 Å². The van der Waals surface area contributed by atoms with E-state index in [1.54, 1.807) is 5.57 Å². The van der Waals surface area contributed by atoms with Crippen molar-refractivity contribution in [1.29, 1.82) is 0 Å². The topological polar surface area (TPSA) is 0 Å². The van der Waals surface area contributed by atoms with Crippen LogP contribution in [-0.4, -0.2) is 7.25 Å². The number of halogens is 4. The van der Waals surface area contributed by atoms with E-state index in [1.165, 1.54) is 12.8 Å². The zero-order chi connectivity index (χ0) is 11.9. The maximum absolute atomic E-state index is 9.75. The van der Waals surface area contributed by atoms with E-state index in [2.05, 4.69) is 26.8 Å². The summed E-state index contributed by atoms with van der Waals surface area (Å²) in [4.78, 5) is 0. The summed E-state index contributed by atoms with van der Waals surface area (Å²) in [6.07, 6.45) is 5.35. The number of hydrogen-bond acceptors (Lipinski definition) is 0. The molecule has 2 atom stereocenters. The van der Waals surface area contributed by atoms with Gasteiger partial charge < -0.3 is 17.3 Å². The first-order chi connectivity index (χ1) is 6.62. The molecule has 2 aliphatic rings. The van der Waals surface area contributed by atoms with Gasteiger partial charge in [-0.3, -0.25) is 0 Å². The van der Waals surface area contributed by atoms with Crippen LogP contribution in [-0.2, 0) is 0 Å². The summed E-state index contributed by atoms with van der Waals surface area (Å²) in [7, 11) is -6.00. The van der Waals surface area contributed by atoms with Gasteiger partial charge in [-0.25, -0.2) is 0 Å². The second-order valence-electron chi connectivity index (χ2n) is 4.95. The largest absolute Gasteiger partial charge is 0.673 e. The third-order valence-electron chi connectivity index (χ3n) is 3.28. The zero-order valence-electron chi connectivity index (χ0n) is 9.24. The van der Waals surface area contributed by atoms with E-state index >= 15 is 0 Å². The fourth-order valence-electron chi connectivity index (χ4n) is 2.34. The summed E-state index contributed by atoms with van der Waals surface area (Å²) in [6, 6.07) is 0. The smallest absolute Gasteiger partial charge is 0.418 e. The second kappa shape index (κ2) is 3.83. The maximum Gasteiger partial charge on any atom is 0.673 e. The predicted molar refractivity (Wildman–Crippen MR) is 53.9 cm³/mol. The molecule has 0 N–H and O–H groups in total. The number of rotatable bonds is 0. The summed E-state index contributed by atoms with van der Waals surface area (Å²) in [5.41, 5.74) is 2.33. The number of allylic oxidation sites excluding steroid dienone is 2. The Morgan fingerprint density at radius 1 is 1.20 bits per heavy atom. The molecule has 15 heavy (non-hydrogen) atoms. The van der Waals surface area contributed by atoms with E-state index < -0.39 is 7.25 Å². The first-order valence-electron chi connectivity index (χ1n) is 5.22. The Bertz CT molecular complexity index is 261. The standard InChI is InChI=1S/C10H16.BF4/c1-7-4-5-8-9(6-7)10(8,2)3;2-1(3,4)5/h6-8H,4-5H2,1-3H3;/q;-1. The van der Waals surface area contributed by atoms with Gasteiger partial charge in [0.2, 0.25) is 0 Å². The average molecular weight is 223 g/mol. The molecule has 0 amide bonds. The van der Waals surface area contributed by atoms with Crippen molar-refractivity contribution < 1.29 is 17.3 Å². The van der Waals surface area contributed by atoms with Gasteiger partial charge in [-0.1, -0.05) is 32.4 Å². The number of hydrogen-bond donors (Lipinski definition) is 0. The minimum atomic E-state index is -6.00. The summed E-state index contributed by atoms with van der Waals surface area (Å²) in [5, 5.41) is 0. The summed E-state index contributed by atoms with van der Waals surface area (Å²) in [6.45, 7) is 7.08. The van der Waals surface area contributed by atoms with E-state index in [9.17, 15) is 17.3 Å². The molecule has 0 radical (unpaired) electrons. The molecule has 0 aromatic rings. The maximum atomic E-state index is 9.75. The molecule has 0 saturated heterocycles. The van der Waals surface area contributed by atoms with Gasteiger partial charge in [0.15, 0.2) is 0 Å². The summed E-state index contributed by atoms with van der Waals surface area (Å²) in [5.74, 6) is 1.82. The predicted octanol–water partition coefficient (Wildman–Crippen LogP) is 4.30. The Balaban J connectivity index is 0.000000195. The highest BCUT2D eigenvalue weighted by Gasteiger charge is 2.52. The van der Waals surface area contributed by atoms with E-state index in [1.807, 2.05) is 0 Å². The lowest BCUT2D eigenvalue weighted by atomic mass is 9.98. The van der Waals surface area contributed by atoms with Crippen molar-refractivity contribution >= 4 is 7.25 Å². The molecule has 0 aromatic heterocycles. The van der Waals surface area contributed by atoms with Crippen molar-refractivity contribution in [2.75, 3.05) is 0 Å². The summed E-state index contributed by atoms with van der Waals surface area (Å²) < 4.78 is 39.0. The highest BCUT2D eigenvalue weighted by atomic mass is 19.5. The quantitative estimate of drug-likeness (QED) is 0.326. The van der Waals surface area contributed by atoms with Crippen molar-refractivity contribution in [3.8, 4) is 0 Å². The van der Waals surface area contributed by atoms with Crippen LogP contribution in [0.5, 0.6) is 0 Å². The van der Waals surface area contributed by atoms with E-state index in [4.69, 9.17) is 0 Å². The van der Waals surface area contributed by atoms with Crippen LogP contribution in [0.4, 0.5) is 17.3 Å². The lowest BCUT2D eigenvalue weighted by Gasteiger charge is -2.08. The Labute approximate surface area is 87.8 Å². The molecule has 0 aromatic carbocycles. The van der Waals surface area contributed by atoms with Gasteiger partial charge in [0.05, 0.1) is 0 Å². The van der Waals surface area contributed by atoms with Crippen LogP contribution in [0.15, 0.2) is 11.6 Å². The molecule has 0 bridgehead atoms. The molecule has 0 heterocycles. The molecular formula is C10H16BF4-. The molecule has 0 nitrogen and oxygen atoms in total. The van der Waals surface area contributed by atoms with Crippen LogP contribution in [0.25, 0.3) is 0 Å². The van der Waals surface area contributed by atoms with Crippen LogP contribution in [0.1, 0.15) is 33.6 Å². The van der Waals surface area contributed by atoms with Crippen molar-refractivity contribution in [3.63, 3.8) is 0 Å². The normalized spacial score (nSPS) is 32.1. The van der Waals surface area contributed by atoms with Gasteiger partial charge >= 0.3 is 7.25 Å². The number of fused-ring (bicyclic) bond motifs is 1.